The van der Waals surface area contributed by atoms with Gasteiger partial charge < -0.3 is 15.4 Å². The number of hydrogen-bond donors (Lipinski definition) is 2. The Balaban J connectivity index is 2.17. The lowest BCUT2D eigenvalue weighted by molar-refractivity contribution is 0.216. The molecule has 1 unspecified atom stereocenters. The summed E-state index contributed by atoms with van der Waals surface area (Å²) in [6.45, 7) is 7.06. The van der Waals surface area contributed by atoms with Crippen LogP contribution >= 0.6 is 0 Å². The van der Waals surface area contributed by atoms with E-state index in [0.29, 0.717) is 30.6 Å². The van der Waals surface area contributed by atoms with Gasteiger partial charge in [-0.2, -0.15) is 15.0 Å². The van der Waals surface area contributed by atoms with Gasteiger partial charge in [0.2, 0.25) is 11.9 Å². The molecule has 1 aromatic heterocycles. The number of ether oxygens (including phenoxy) is 1. The second-order valence-electron chi connectivity index (χ2n) is 5.88. The highest BCUT2D eigenvalue weighted by atomic mass is 16.5. The highest BCUT2D eigenvalue weighted by Gasteiger charge is 2.32. The van der Waals surface area contributed by atoms with E-state index in [1.54, 1.807) is 7.05 Å². The lowest BCUT2D eigenvalue weighted by Crippen LogP contribution is -2.39. The maximum atomic E-state index is 5.39. The Labute approximate surface area is 120 Å². The fraction of sp³-hybridized carbons (Fsp3) is 0.786. The fourth-order valence-electron chi connectivity index (χ4n) is 2.64. The van der Waals surface area contributed by atoms with E-state index in [-0.39, 0.29) is 5.41 Å². The molecule has 2 N–H and O–H groups in total. The van der Waals surface area contributed by atoms with E-state index in [1.165, 1.54) is 19.3 Å². The largest absolute Gasteiger partial charge is 0.464 e. The summed E-state index contributed by atoms with van der Waals surface area (Å²) in [6, 6.07) is 0.751. The van der Waals surface area contributed by atoms with Crippen LogP contribution in [0.25, 0.3) is 0 Å². The molecule has 1 aliphatic carbocycles. The Kier molecular flexibility index (Phi) is 4.62. The van der Waals surface area contributed by atoms with Crippen LogP contribution < -0.4 is 15.4 Å². The summed E-state index contributed by atoms with van der Waals surface area (Å²) < 4.78 is 5.39. The first-order valence-corrected chi connectivity index (χ1v) is 7.38. The molecule has 0 radical (unpaired) electrons. The minimum absolute atomic E-state index is 0.260. The maximum absolute atomic E-state index is 5.39. The van der Waals surface area contributed by atoms with Gasteiger partial charge in [-0.25, -0.2) is 0 Å². The molecule has 0 aliphatic heterocycles. The molecule has 1 aromatic rings. The highest BCUT2D eigenvalue weighted by Crippen LogP contribution is 2.36. The first kappa shape index (κ1) is 14.8. The third-order valence-corrected chi connectivity index (χ3v) is 3.92. The van der Waals surface area contributed by atoms with Gasteiger partial charge in [0.25, 0.3) is 0 Å². The van der Waals surface area contributed by atoms with Crippen LogP contribution in [0, 0.1) is 5.41 Å². The lowest BCUT2D eigenvalue weighted by atomic mass is 9.73. The van der Waals surface area contributed by atoms with E-state index in [9.17, 15) is 0 Å². The summed E-state index contributed by atoms with van der Waals surface area (Å²) in [7, 11) is 1.79. The molecular formula is C14H25N5O. The SMILES string of the molecule is CCOc1nc(NC)nc(NC2CCCCC2(C)C)n1. The van der Waals surface area contributed by atoms with Crippen LogP contribution in [0.2, 0.25) is 0 Å². The first-order chi connectivity index (χ1) is 9.55. The van der Waals surface area contributed by atoms with Crippen molar-refractivity contribution in [1.29, 1.82) is 0 Å². The molecule has 0 aromatic carbocycles. The third kappa shape index (κ3) is 3.49. The zero-order chi connectivity index (χ0) is 14.6. The number of anilines is 2. The zero-order valence-electron chi connectivity index (χ0n) is 12.9. The van der Waals surface area contributed by atoms with Crippen molar-refractivity contribution in [2.45, 2.75) is 52.5 Å². The van der Waals surface area contributed by atoms with Crippen molar-refractivity contribution < 1.29 is 4.74 Å². The van der Waals surface area contributed by atoms with Gasteiger partial charge >= 0.3 is 6.01 Å². The van der Waals surface area contributed by atoms with Crippen molar-refractivity contribution in [3.63, 3.8) is 0 Å². The van der Waals surface area contributed by atoms with Gasteiger partial charge in [0.15, 0.2) is 0 Å². The van der Waals surface area contributed by atoms with Crippen LogP contribution in [0.4, 0.5) is 11.9 Å². The maximum Gasteiger partial charge on any atom is 0.323 e. The summed E-state index contributed by atoms with van der Waals surface area (Å²) in [5.74, 6) is 1.12. The Hall–Kier alpha value is -1.59. The van der Waals surface area contributed by atoms with Crippen LogP contribution in [-0.2, 0) is 0 Å². The first-order valence-electron chi connectivity index (χ1n) is 7.38. The van der Waals surface area contributed by atoms with E-state index in [1.807, 2.05) is 6.92 Å². The molecule has 1 fully saturated rings. The van der Waals surface area contributed by atoms with Crippen molar-refractivity contribution >= 4 is 11.9 Å². The topological polar surface area (TPSA) is 72.0 Å². The Morgan fingerprint density at radius 3 is 2.60 bits per heavy atom. The molecule has 1 aliphatic rings. The van der Waals surface area contributed by atoms with Gasteiger partial charge in [-0.1, -0.05) is 26.7 Å². The average molecular weight is 279 g/mol. The van der Waals surface area contributed by atoms with Crippen molar-refractivity contribution in [3.8, 4) is 6.01 Å². The quantitative estimate of drug-likeness (QED) is 0.863. The van der Waals surface area contributed by atoms with Gasteiger partial charge in [-0.3, -0.25) is 0 Å². The van der Waals surface area contributed by atoms with Crippen molar-refractivity contribution in [2.24, 2.45) is 5.41 Å². The minimum atomic E-state index is 0.260. The predicted octanol–water partition coefficient (Wildman–Crippen LogP) is 2.69. The van der Waals surface area contributed by atoms with Crippen molar-refractivity contribution in [1.82, 2.24) is 15.0 Å². The minimum Gasteiger partial charge on any atom is -0.464 e. The molecule has 6 heteroatoms. The molecule has 1 saturated carbocycles. The number of aromatic nitrogens is 3. The summed E-state index contributed by atoms with van der Waals surface area (Å²) in [6.07, 6.45) is 4.93. The fourth-order valence-corrected chi connectivity index (χ4v) is 2.64. The lowest BCUT2D eigenvalue weighted by Gasteiger charge is -2.39. The summed E-state index contributed by atoms with van der Waals surface area (Å²) in [4.78, 5) is 12.9. The van der Waals surface area contributed by atoms with Crippen molar-refractivity contribution in [2.75, 3.05) is 24.3 Å². The second kappa shape index (κ2) is 6.24. The van der Waals surface area contributed by atoms with Crippen LogP contribution in [0.1, 0.15) is 46.5 Å². The van der Waals surface area contributed by atoms with E-state index < -0.39 is 0 Å². The molecular weight excluding hydrogens is 254 g/mol. The van der Waals surface area contributed by atoms with Gasteiger partial charge in [0.05, 0.1) is 6.61 Å². The van der Waals surface area contributed by atoms with Gasteiger partial charge in [-0.15, -0.1) is 0 Å². The average Bonchev–Trinajstić information content (AvgIpc) is 2.41. The molecule has 1 atom stereocenters. The van der Waals surface area contributed by atoms with E-state index in [4.69, 9.17) is 4.74 Å². The van der Waals surface area contributed by atoms with E-state index >= 15 is 0 Å². The molecule has 0 saturated heterocycles. The van der Waals surface area contributed by atoms with Crippen LogP contribution in [0.15, 0.2) is 0 Å². The molecule has 1 heterocycles. The normalized spacial score (nSPS) is 21.3. The number of nitrogens with zero attached hydrogens (tertiary/aromatic N) is 3. The molecule has 112 valence electrons. The molecule has 2 rings (SSSR count). The predicted molar refractivity (Wildman–Crippen MR) is 80.2 cm³/mol. The Morgan fingerprint density at radius 1 is 1.20 bits per heavy atom. The second-order valence-corrected chi connectivity index (χ2v) is 5.88. The number of hydrogen-bond acceptors (Lipinski definition) is 6. The van der Waals surface area contributed by atoms with E-state index in [2.05, 4.69) is 39.4 Å². The molecule has 0 amide bonds. The summed E-state index contributed by atoms with van der Waals surface area (Å²) >= 11 is 0. The number of rotatable bonds is 5. The Morgan fingerprint density at radius 2 is 1.95 bits per heavy atom. The summed E-state index contributed by atoms with van der Waals surface area (Å²) in [5.41, 5.74) is 0.260. The molecule has 6 nitrogen and oxygen atoms in total. The van der Waals surface area contributed by atoms with Crippen LogP contribution in [0.3, 0.4) is 0 Å². The standard InChI is InChI=1S/C14H25N5O/c1-5-20-13-18-11(15-4)17-12(19-13)16-10-8-6-7-9-14(10,2)3/h10H,5-9H2,1-4H3,(H2,15,16,17,18,19). The monoisotopic (exact) mass is 279 g/mol. The highest BCUT2D eigenvalue weighted by molar-refractivity contribution is 5.36. The van der Waals surface area contributed by atoms with Crippen LogP contribution in [-0.4, -0.2) is 34.6 Å². The molecule has 20 heavy (non-hydrogen) atoms. The smallest absolute Gasteiger partial charge is 0.323 e. The van der Waals surface area contributed by atoms with Gasteiger partial charge in [0, 0.05) is 13.1 Å². The van der Waals surface area contributed by atoms with Gasteiger partial charge in [-0.05, 0) is 25.2 Å². The zero-order valence-corrected chi connectivity index (χ0v) is 12.9. The van der Waals surface area contributed by atoms with Crippen molar-refractivity contribution in [3.05, 3.63) is 0 Å². The van der Waals surface area contributed by atoms with Gasteiger partial charge in [0.1, 0.15) is 0 Å². The van der Waals surface area contributed by atoms with E-state index in [0.717, 1.165) is 6.42 Å². The molecule has 0 spiro atoms. The Bertz CT molecular complexity index is 449. The number of nitrogens with one attached hydrogen (secondary N) is 2. The summed E-state index contributed by atoms with van der Waals surface area (Å²) in [5, 5.41) is 6.40. The molecule has 0 bridgehead atoms. The third-order valence-electron chi connectivity index (χ3n) is 3.92. The van der Waals surface area contributed by atoms with Crippen LogP contribution in [0.5, 0.6) is 6.01 Å².